The van der Waals surface area contributed by atoms with Gasteiger partial charge in [-0.25, -0.2) is 0 Å². The Morgan fingerprint density at radius 2 is 1.06 bits per heavy atom. The van der Waals surface area contributed by atoms with E-state index in [9.17, 15) is 14.7 Å². The lowest BCUT2D eigenvalue weighted by Gasteiger charge is -2.15. The van der Waals surface area contributed by atoms with E-state index in [0.717, 1.165) is 58.0 Å². The lowest BCUT2D eigenvalue weighted by Crippen LogP contribution is -2.28. The summed E-state index contributed by atoms with van der Waals surface area (Å²) in [5.74, 6) is -0.626. The van der Waals surface area contributed by atoms with Gasteiger partial charge in [0.15, 0.2) is 6.10 Å². The molecule has 0 radical (unpaired) electrons. The van der Waals surface area contributed by atoms with Crippen molar-refractivity contribution in [3.05, 3.63) is 0 Å². The maximum atomic E-state index is 11.9. The van der Waals surface area contributed by atoms with Crippen molar-refractivity contribution in [2.24, 2.45) is 0 Å². The number of aliphatic hydroxyl groups excluding tert-OH is 1. The first-order valence-electron chi connectivity index (χ1n) is 14.6. The molecule has 0 aromatic rings. The molecule has 35 heavy (non-hydrogen) atoms. The Morgan fingerprint density at radius 1 is 0.629 bits per heavy atom. The van der Waals surface area contributed by atoms with Crippen LogP contribution in [-0.4, -0.2) is 50.1 Å². The van der Waals surface area contributed by atoms with Crippen LogP contribution in [0.1, 0.15) is 142 Å². The van der Waals surface area contributed by atoms with E-state index in [0.29, 0.717) is 12.8 Å². The molecule has 1 unspecified atom stereocenters. The molecule has 208 valence electrons. The van der Waals surface area contributed by atoms with Crippen molar-refractivity contribution in [3.8, 4) is 0 Å². The number of hydrogen-bond donors (Lipinski definition) is 1. The Morgan fingerprint density at radius 3 is 1.51 bits per heavy atom. The minimum absolute atomic E-state index is 0.0727. The Balaban J connectivity index is 3.53. The molecule has 0 saturated heterocycles. The largest absolute Gasteiger partial charge is 0.462 e. The van der Waals surface area contributed by atoms with Crippen LogP contribution in [0.25, 0.3) is 0 Å². The Bertz CT molecular complexity index is 468. The molecule has 0 aliphatic heterocycles. The standard InChI is InChI=1S/C29H56O6/c1-3-4-5-6-7-8-9-10-11-12-13-14-16-19-22-28(31)34-26-27(25-30)35-29(32)23-20-17-15-18-21-24-33-2/h27,30H,3-26H2,1-2H3. The number of ether oxygens (including phenoxy) is 3. The van der Waals surface area contributed by atoms with E-state index in [-0.39, 0.29) is 25.2 Å². The molecular weight excluding hydrogens is 444 g/mol. The first kappa shape index (κ1) is 33.9. The highest BCUT2D eigenvalue weighted by Crippen LogP contribution is 2.14. The molecule has 6 nitrogen and oxygen atoms in total. The molecule has 0 saturated carbocycles. The number of rotatable bonds is 27. The average Bonchev–Trinajstić information content (AvgIpc) is 2.86. The number of carbonyl (C=O) groups is 2. The molecule has 0 amide bonds. The fourth-order valence-electron chi connectivity index (χ4n) is 4.14. The van der Waals surface area contributed by atoms with Crippen LogP contribution in [0, 0.1) is 0 Å². The molecule has 6 heteroatoms. The van der Waals surface area contributed by atoms with E-state index >= 15 is 0 Å². The van der Waals surface area contributed by atoms with Crippen molar-refractivity contribution in [1.82, 2.24) is 0 Å². The van der Waals surface area contributed by atoms with Crippen molar-refractivity contribution in [1.29, 1.82) is 0 Å². The van der Waals surface area contributed by atoms with Crippen LogP contribution >= 0.6 is 0 Å². The van der Waals surface area contributed by atoms with Crippen LogP contribution in [0.2, 0.25) is 0 Å². The van der Waals surface area contributed by atoms with E-state index in [2.05, 4.69) is 6.92 Å². The fourth-order valence-corrected chi connectivity index (χ4v) is 4.14. The molecule has 1 N–H and O–H groups in total. The molecule has 0 aliphatic rings. The van der Waals surface area contributed by atoms with Crippen LogP contribution in [0.3, 0.4) is 0 Å². The second-order valence-corrected chi connectivity index (χ2v) is 9.83. The molecular formula is C29H56O6. The van der Waals surface area contributed by atoms with Crippen LogP contribution in [0.5, 0.6) is 0 Å². The predicted molar refractivity (Wildman–Crippen MR) is 142 cm³/mol. The van der Waals surface area contributed by atoms with Crippen LogP contribution in [-0.2, 0) is 23.8 Å². The van der Waals surface area contributed by atoms with Gasteiger partial charge in [-0.1, -0.05) is 110 Å². The normalized spacial score (nSPS) is 12.0. The second kappa shape index (κ2) is 27.4. The first-order chi connectivity index (χ1) is 17.1. The van der Waals surface area contributed by atoms with Gasteiger partial charge in [-0.2, -0.15) is 0 Å². The highest BCUT2D eigenvalue weighted by Gasteiger charge is 2.16. The monoisotopic (exact) mass is 500 g/mol. The van der Waals surface area contributed by atoms with Gasteiger partial charge in [-0.05, 0) is 19.3 Å². The number of unbranched alkanes of at least 4 members (excludes halogenated alkanes) is 17. The van der Waals surface area contributed by atoms with E-state index in [1.807, 2.05) is 0 Å². The second-order valence-electron chi connectivity index (χ2n) is 9.83. The molecule has 0 aromatic heterocycles. The molecule has 0 heterocycles. The Labute approximate surface area is 215 Å². The maximum Gasteiger partial charge on any atom is 0.306 e. The lowest BCUT2D eigenvalue weighted by molar-refractivity contribution is -0.161. The molecule has 0 spiro atoms. The van der Waals surface area contributed by atoms with Gasteiger partial charge in [0.2, 0.25) is 0 Å². The molecule has 0 fully saturated rings. The minimum Gasteiger partial charge on any atom is -0.462 e. The maximum absolute atomic E-state index is 11.9. The number of esters is 2. The number of aliphatic hydroxyl groups is 1. The molecule has 1 atom stereocenters. The van der Waals surface area contributed by atoms with E-state index < -0.39 is 6.10 Å². The third-order valence-electron chi connectivity index (χ3n) is 6.40. The number of hydrogen-bond acceptors (Lipinski definition) is 6. The van der Waals surface area contributed by atoms with Gasteiger partial charge in [-0.15, -0.1) is 0 Å². The molecule has 0 aliphatic carbocycles. The highest BCUT2D eigenvalue weighted by atomic mass is 16.6. The zero-order chi connectivity index (χ0) is 25.8. The molecule has 0 rings (SSSR count). The Kier molecular flexibility index (Phi) is 26.6. The van der Waals surface area contributed by atoms with Crippen molar-refractivity contribution < 1.29 is 28.9 Å². The Hall–Kier alpha value is -1.14. The summed E-state index contributed by atoms with van der Waals surface area (Å²) >= 11 is 0. The SMILES string of the molecule is CCCCCCCCCCCCCCCCC(=O)OCC(CO)OC(=O)CCCCCCCOC. The lowest BCUT2D eigenvalue weighted by atomic mass is 10.0. The summed E-state index contributed by atoms with van der Waals surface area (Å²) in [6.45, 7) is 2.63. The van der Waals surface area contributed by atoms with E-state index in [1.54, 1.807) is 7.11 Å². The average molecular weight is 501 g/mol. The van der Waals surface area contributed by atoms with Crippen LogP contribution < -0.4 is 0 Å². The van der Waals surface area contributed by atoms with Crippen molar-refractivity contribution in [3.63, 3.8) is 0 Å². The topological polar surface area (TPSA) is 82.1 Å². The van der Waals surface area contributed by atoms with Gasteiger partial charge in [0.05, 0.1) is 6.61 Å². The smallest absolute Gasteiger partial charge is 0.306 e. The van der Waals surface area contributed by atoms with Crippen molar-refractivity contribution >= 4 is 11.9 Å². The number of carbonyl (C=O) groups excluding carboxylic acids is 2. The third kappa shape index (κ3) is 25.8. The van der Waals surface area contributed by atoms with Crippen molar-refractivity contribution in [2.45, 2.75) is 148 Å². The zero-order valence-corrected chi connectivity index (χ0v) is 23.0. The summed E-state index contributed by atoms with van der Waals surface area (Å²) in [5.41, 5.74) is 0. The first-order valence-corrected chi connectivity index (χ1v) is 14.6. The summed E-state index contributed by atoms with van der Waals surface area (Å²) in [6.07, 6.45) is 22.8. The van der Waals surface area contributed by atoms with Gasteiger partial charge in [0.1, 0.15) is 6.61 Å². The van der Waals surface area contributed by atoms with Gasteiger partial charge in [-0.3, -0.25) is 9.59 Å². The number of methoxy groups -OCH3 is 1. The van der Waals surface area contributed by atoms with E-state index in [1.165, 1.54) is 70.6 Å². The summed E-state index contributed by atoms with van der Waals surface area (Å²) in [4.78, 5) is 23.9. The zero-order valence-electron chi connectivity index (χ0n) is 23.0. The third-order valence-corrected chi connectivity index (χ3v) is 6.40. The van der Waals surface area contributed by atoms with Crippen LogP contribution in [0.15, 0.2) is 0 Å². The predicted octanol–water partition coefficient (Wildman–Crippen LogP) is 7.29. The quantitative estimate of drug-likeness (QED) is 0.0941. The van der Waals surface area contributed by atoms with Crippen molar-refractivity contribution in [2.75, 3.05) is 26.9 Å². The molecule has 0 aromatic carbocycles. The minimum atomic E-state index is -0.774. The highest BCUT2D eigenvalue weighted by molar-refractivity contribution is 5.70. The summed E-state index contributed by atoms with van der Waals surface area (Å²) < 4.78 is 15.5. The van der Waals surface area contributed by atoms with Gasteiger partial charge < -0.3 is 19.3 Å². The fraction of sp³-hybridized carbons (Fsp3) is 0.931. The summed E-state index contributed by atoms with van der Waals surface area (Å²) in [6, 6.07) is 0. The van der Waals surface area contributed by atoms with Crippen LogP contribution in [0.4, 0.5) is 0 Å². The van der Waals surface area contributed by atoms with Gasteiger partial charge in [0, 0.05) is 26.6 Å². The molecule has 0 bridgehead atoms. The summed E-state index contributed by atoms with van der Waals surface area (Å²) in [7, 11) is 1.70. The van der Waals surface area contributed by atoms with Gasteiger partial charge >= 0.3 is 11.9 Å². The van der Waals surface area contributed by atoms with Gasteiger partial charge in [0.25, 0.3) is 0 Å². The summed E-state index contributed by atoms with van der Waals surface area (Å²) in [5, 5.41) is 9.41. The van der Waals surface area contributed by atoms with E-state index in [4.69, 9.17) is 14.2 Å².